The first-order chi connectivity index (χ1) is 6.89. The highest BCUT2D eigenvalue weighted by atomic mass is 15.3. The second-order valence-corrected chi connectivity index (χ2v) is 6.32. The molecular formula is C13H26N2. The van der Waals surface area contributed by atoms with Crippen LogP contribution in [0.2, 0.25) is 0 Å². The van der Waals surface area contributed by atoms with E-state index in [1.165, 1.54) is 32.5 Å². The first kappa shape index (κ1) is 11.4. The summed E-state index contributed by atoms with van der Waals surface area (Å²) in [6, 6.07) is 0.695. The summed E-state index contributed by atoms with van der Waals surface area (Å²) in [5.41, 5.74) is 0.947. The lowest BCUT2D eigenvalue weighted by Crippen LogP contribution is -2.61. The van der Waals surface area contributed by atoms with Crippen LogP contribution in [0, 0.1) is 5.41 Å². The lowest BCUT2D eigenvalue weighted by Gasteiger charge is -2.53. The quantitative estimate of drug-likeness (QED) is 0.654. The molecule has 2 aliphatic rings. The Morgan fingerprint density at radius 1 is 1.07 bits per heavy atom. The SMILES string of the molecule is CC(C)N1CC[C@@]2(C)CCN(C)[C@@]2(C)C1. The molecule has 0 aliphatic carbocycles. The maximum atomic E-state index is 2.64. The van der Waals surface area contributed by atoms with Crippen LogP contribution in [0.25, 0.3) is 0 Å². The smallest absolute Gasteiger partial charge is 0.0359 e. The van der Waals surface area contributed by atoms with Crippen molar-refractivity contribution in [1.82, 2.24) is 9.80 Å². The highest BCUT2D eigenvalue weighted by Crippen LogP contribution is 2.50. The van der Waals surface area contributed by atoms with Gasteiger partial charge in [0.05, 0.1) is 0 Å². The molecule has 2 heterocycles. The van der Waals surface area contributed by atoms with E-state index in [1.807, 2.05) is 0 Å². The molecule has 2 saturated heterocycles. The van der Waals surface area contributed by atoms with E-state index in [-0.39, 0.29) is 0 Å². The summed E-state index contributed by atoms with van der Waals surface area (Å²) in [7, 11) is 2.30. The molecule has 2 aliphatic heterocycles. The van der Waals surface area contributed by atoms with Gasteiger partial charge < -0.3 is 0 Å². The standard InChI is InChI=1S/C13H26N2/c1-11(2)15-9-7-12(3)6-8-14(5)13(12,4)10-15/h11H,6-10H2,1-5H3/t12-,13+/m1/s1. The van der Waals surface area contributed by atoms with Crippen molar-refractivity contribution in [3.05, 3.63) is 0 Å². The van der Waals surface area contributed by atoms with Crippen molar-refractivity contribution < 1.29 is 0 Å². The van der Waals surface area contributed by atoms with Gasteiger partial charge in [-0.3, -0.25) is 9.80 Å². The Balaban J connectivity index is 2.21. The van der Waals surface area contributed by atoms with Crippen LogP contribution in [0.4, 0.5) is 0 Å². The zero-order chi connectivity index (χ0) is 11.3. The van der Waals surface area contributed by atoms with E-state index in [0.717, 1.165) is 0 Å². The summed E-state index contributed by atoms with van der Waals surface area (Å²) in [6.45, 7) is 13.4. The molecule has 0 radical (unpaired) electrons. The molecule has 2 fully saturated rings. The Bertz CT molecular complexity index is 251. The number of hydrogen-bond donors (Lipinski definition) is 0. The molecule has 0 aromatic carbocycles. The Morgan fingerprint density at radius 2 is 1.67 bits per heavy atom. The predicted molar refractivity (Wildman–Crippen MR) is 65.1 cm³/mol. The minimum Gasteiger partial charge on any atom is -0.299 e. The van der Waals surface area contributed by atoms with Gasteiger partial charge in [0.2, 0.25) is 0 Å². The summed E-state index contributed by atoms with van der Waals surface area (Å²) >= 11 is 0. The maximum absolute atomic E-state index is 2.64. The molecule has 0 unspecified atom stereocenters. The van der Waals surface area contributed by atoms with E-state index in [1.54, 1.807) is 0 Å². The minimum absolute atomic E-state index is 0.398. The molecule has 2 heteroatoms. The molecule has 88 valence electrons. The maximum Gasteiger partial charge on any atom is 0.0359 e. The van der Waals surface area contributed by atoms with E-state index >= 15 is 0 Å². The third kappa shape index (κ3) is 1.53. The highest BCUT2D eigenvalue weighted by molar-refractivity contribution is 5.09. The van der Waals surface area contributed by atoms with Gasteiger partial charge >= 0.3 is 0 Å². The average molecular weight is 210 g/mol. The van der Waals surface area contributed by atoms with Crippen LogP contribution in [-0.2, 0) is 0 Å². The summed E-state index contributed by atoms with van der Waals surface area (Å²) in [4.78, 5) is 5.23. The minimum atomic E-state index is 0.398. The van der Waals surface area contributed by atoms with E-state index in [9.17, 15) is 0 Å². The van der Waals surface area contributed by atoms with Gasteiger partial charge in [0, 0.05) is 18.1 Å². The van der Waals surface area contributed by atoms with Gasteiger partial charge in [0.25, 0.3) is 0 Å². The van der Waals surface area contributed by atoms with Gasteiger partial charge in [-0.2, -0.15) is 0 Å². The van der Waals surface area contributed by atoms with Crippen LogP contribution < -0.4 is 0 Å². The monoisotopic (exact) mass is 210 g/mol. The zero-order valence-electron chi connectivity index (χ0n) is 11.0. The van der Waals surface area contributed by atoms with Crippen LogP contribution in [0.5, 0.6) is 0 Å². The Hall–Kier alpha value is -0.0800. The molecule has 0 aromatic heterocycles. The largest absolute Gasteiger partial charge is 0.299 e. The fraction of sp³-hybridized carbons (Fsp3) is 1.00. The van der Waals surface area contributed by atoms with Crippen molar-refractivity contribution in [3.8, 4) is 0 Å². The Labute approximate surface area is 94.6 Å². The molecule has 15 heavy (non-hydrogen) atoms. The van der Waals surface area contributed by atoms with Gasteiger partial charge in [0.15, 0.2) is 0 Å². The highest BCUT2D eigenvalue weighted by Gasteiger charge is 2.54. The van der Waals surface area contributed by atoms with Gasteiger partial charge in [-0.1, -0.05) is 6.92 Å². The van der Waals surface area contributed by atoms with Gasteiger partial charge in [-0.25, -0.2) is 0 Å². The van der Waals surface area contributed by atoms with E-state index < -0.39 is 0 Å². The van der Waals surface area contributed by atoms with E-state index in [2.05, 4.69) is 44.5 Å². The summed E-state index contributed by atoms with van der Waals surface area (Å²) in [5.74, 6) is 0. The first-order valence-corrected chi connectivity index (χ1v) is 6.34. The number of likely N-dealkylation sites (N-methyl/N-ethyl adjacent to an activating group) is 1. The third-order valence-corrected chi connectivity index (χ3v) is 5.33. The summed E-state index contributed by atoms with van der Waals surface area (Å²) in [6.07, 6.45) is 2.75. The third-order valence-electron chi connectivity index (χ3n) is 5.33. The van der Waals surface area contributed by atoms with Crippen LogP contribution >= 0.6 is 0 Å². The Kier molecular flexibility index (Phi) is 2.63. The van der Waals surface area contributed by atoms with Crippen molar-refractivity contribution in [2.45, 2.75) is 52.1 Å². The number of hydrogen-bond acceptors (Lipinski definition) is 2. The molecule has 0 bridgehead atoms. The molecular weight excluding hydrogens is 184 g/mol. The molecule has 0 amide bonds. The van der Waals surface area contributed by atoms with Crippen LogP contribution in [0.15, 0.2) is 0 Å². The van der Waals surface area contributed by atoms with Crippen molar-refractivity contribution in [1.29, 1.82) is 0 Å². The van der Waals surface area contributed by atoms with Crippen LogP contribution in [0.1, 0.15) is 40.5 Å². The molecule has 2 rings (SSSR count). The van der Waals surface area contributed by atoms with Gasteiger partial charge in [-0.05, 0) is 59.2 Å². The molecule has 2 atom stereocenters. The topological polar surface area (TPSA) is 6.48 Å². The first-order valence-electron chi connectivity index (χ1n) is 6.34. The summed E-state index contributed by atoms with van der Waals surface area (Å²) in [5, 5.41) is 0. The normalized spacial score (nSPS) is 43.6. The van der Waals surface area contributed by atoms with Crippen molar-refractivity contribution >= 4 is 0 Å². The summed E-state index contributed by atoms with van der Waals surface area (Å²) < 4.78 is 0. The van der Waals surface area contributed by atoms with E-state index in [0.29, 0.717) is 17.0 Å². The van der Waals surface area contributed by atoms with Crippen molar-refractivity contribution in [2.24, 2.45) is 5.41 Å². The fourth-order valence-corrected chi connectivity index (χ4v) is 3.40. The van der Waals surface area contributed by atoms with Crippen LogP contribution in [0.3, 0.4) is 0 Å². The lowest BCUT2D eigenvalue weighted by atomic mass is 9.67. The van der Waals surface area contributed by atoms with Gasteiger partial charge in [0.1, 0.15) is 0 Å². The van der Waals surface area contributed by atoms with E-state index in [4.69, 9.17) is 0 Å². The fourth-order valence-electron chi connectivity index (χ4n) is 3.40. The molecule has 0 aromatic rings. The predicted octanol–water partition coefficient (Wildman–Crippen LogP) is 2.20. The molecule has 0 spiro atoms. The Morgan fingerprint density at radius 3 is 2.27 bits per heavy atom. The lowest BCUT2D eigenvalue weighted by molar-refractivity contribution is -0.0225. The second kappa shape index (κ2) is 3.46. The molecule has 0 N–H and O–H groups in total. The van der Waals surface area contributed by atoms with Gasteiger partial charge in [-0.15, -0.1) is 0 Å². The average Bonchev–Trinajstić information content (AvgIpc) is 2.40. The van der Waals surface area contributed by atoms with Crippen molar-refractivity contribution in [2.75, 3.05) is 26.7 Å². The number of rotatable bonds is 1. The van der Waals surface area contributed by atoms with Crippen molar-refractivity contribution in [3.63, 3.8) is 0 Å². The van der Waals surface area contributed by atoms with Crippen LogP contribution in [-0.4, -0.2) is 48.1 Å². The number of likely N-dealkylation sites (tertiary alicyclic amines) is 2. The number of nitrogens with zero attached hydrogens (tertiary/aromatic N) is 2. The molecule has 0 saturated carbocycles. The number of fused-ring (bicyclic) bond motifs is 1. The number of piperidine rings is 1. The molecule has 2 nitrogen and oxygen atoms in total. The second-order valence-electron chi connectivity index (χ2n) is 6.32. The zero-order valence-corrected chi connectivity index (χ0v) is 11.0.